The molecule has 0 radical (unpaired) electrons. The molecule has 0 amide bonds. The first-order valence-corrected chi connectivity index (χ1v) is 5.35. The fraction of sp³-hybridized carbons (Fsp3) is 0.333. The maximum absolute atomic E-state index is 11.1. The lowest BCUT2D eigenvalue weighted by atomic mass is 10.3. The molecule has 0 saturated carbocycles. The van der Waals surface area contributed by atoms with E-state index >= 15 is 0 Å². The number of aromatic carboxylic acids is 1. The zero-order valence-corrected chi connectivity index (χ0v) is 10.1. The van der Waals surface area contributed by atoms with Crippen LogP contribution in [0.5, 0.6) is 0 Å². The average molecular weight is 233 g/mol. The maximum atomic E-state index is 11.1. The molecule has 0 aliphatic rings. The second-order valence-electron chi connectivity index (χ2n) is 4.31. The SMILES string of the molecule is Cc1cccc2c(C(=O)O)nc(CN(C)C)n12. The Balaban J connectivity index is 2.71. The summed E-state index contributed by atoms with van der Waals surface area (Å²) in [6.07, 6.45) is 0. The minimum Gasteiger partial charge on any atom is -0.476 e. The number of carbonyl (C=O) groups is 1. The van der Waals surface area contributed by atoms with Gasteiger partial charge in [0.15, 0.2) is 5.69 Å². The molecule has 90 valence electrons. The Morgan fingerprint density at radius 3 is 2.76 bits per heavy atom. The third-order valence-corrected chi connectivity index (χ3v) is 2.59. The van der Waals surface area contributed by atoms with Gasteiger partial charge in [-0.3, -0.25) is 4.40 Å². The van der Waals surface area contributed by atoms with E-state index in [1.54, 1.807) is 6.07 Å². The van der Waals surface area contributed by atoms with E-state index in [4.69, 9.17) is 5.11 Å². The Bertz CT molecular complexity index is 572. The minimum absolute atomic E-state index is 0.116. The number of aryl methyl sites for hydroxylation is 1. The van der Waals surface area contributed by atoms with Gasteiger partial charge in [0.25, 0.3) is 0 Å². The number of hydrogen-bond acceptors (Lipinski definition) is 3. The van der Waals surface area contributed by atoms with E-state index in [2.05, 4.69) is 4.98 Å². The topological polar surface area (TPSA) is 57.8 Å². The lowest BCUT2D eigenvalue weighted by molar-refractivity contribution is 0.0693. The van der Waals surface area contributed by atoms with Crippen LogP contribution in [0.1, 0.15) is 22.0 Å². The Kier molecular flexibility index (Phi) is 2.85. The molecule has 2 heterocycles. The number of rotatable bonds is 3. The summed E-state index contributed by atoms with van der Waals surface area (Å²) in [4.78, 5) is 17.3. The van der Waals surface area contributed by atoms with E-state index in [9.17, 15) is 4.79 Å². The first-order valence-electron chi connectivity index (χ1n) is 5.35. The number of fused-ring (bicyclic) bond motifs is 1. The number of nitrogens with zero attached hydrogens (tertiary/aromatic N) is 3. The van der Waals surface area contributed by atoms with Gasteiger partial charge in [0.2, 0.25) is 0 Å². The number of carboxylic acid groups (broad SMARTS) is 1. The van der Waals surface area contributed by atoms with Crippen molar-refractivity contribution in [3.63, 3.8) is 0 Å². The van der Waals surface area contributed by atoms with Gasteiger partial charge in [-0.2, -0.15) is 0 Å². The summed E-state index contributed by atoms with van der Waals surface area (Å²) in [5, 5.41) is 9.13. The Morgan fingerprint density at radius 1 is 1.47 bits per heavy atom. The van der Waals surface area contributed by atoms with Gasteiger partial charge in [-0.05, 0) is 33.2 Å². The molecule has 0 aliphatic carbocycles. The van der Waals surface area contributed by atoms with Crippen molar-refractivity contribution >= 4 is 11.5 Å². The summed E-state index contributed by atoms with van der Waals surface area (Å²) < 4.78 is 1.89. The standard InChI is InChI=1S/C12H15N3O2/c1-8-5-4-6-9-11(12(16)17)13-10(15(8)9)7-14(2)3/h4-6H,7H2,1-3H3,(H,16,17). The Labute approximate surface area is 99.3 Å². The second-order valence-corrected chi connectivity index (χ2v) is 4.31. The first kappa shape index (κ1) is 11.6. The predicted molar refractivity (Wildman–Crippen MR) is 64.3 cm³/mol. The smallest absolute Gasteiger partial charge is 0.356 e. The number of aromatic nitrogens is 2. The van der Waals surface area contributed by atoms with Crippen LogP contribution < -0.4 is 0 Å². The molecule has 0 spiro atoms. The van der Waals surface area contributed by atoms with Crippen molar-refractivity contribution in [3.8, 4) is 0 Å². The molecular weight excluding hydrogens is 218 g/mol. The maximum Gasteiger partial charge on any atom is 0.356 e. The van der Waals surface area contributed by atoms with Gasteiger partial charge >= 0.3 is 5.97 Å². The zero-order chi connectivity index (χ0) is 12.6. The monoisotopic (exact) mass is 233 g/mol. The molecule has 0 saturated heterocycles. The molecule has 0 bridgehead atoms. The lowest BCUT2D eigenvalue weighted by Gasteiger charge is -2.09. The van der Waals surface area contributed by atoms with Crippen molar-refractivity contribution in [3.05, 3.63) is 35.4 Å². The van der Waals surface area contributed by atoms with Crippen LogP contribution in [0.4, 0.5) is 0 Å². The summed E-state index contributed by atoms with van der Waals surface area (Å²) in [5.41, 5.74) is 1.75. The highest BCUT2D eigenvalue weighted by molar-refractivity contribution is 5.93. The van der Waals surface area contributed by atoms with Crippen LogP contribution in [0.2, 0.25) is 0 Å². The van der Waals surface area contributed by atoms with E-state index in [0.717, 1.165) is 11.5 Å². The molecule has 2 aromatic rings. The summed E-state index contributed by atoms with van der Waals surface area (Å²) in [6, 6.07) is 5.57. The molecule has 17 heavy (non-hydrogen) atoms. The summed E-state index contributed by atoms with van der Waals surface area (Å²) >= 11 is 0. The van der Waals surface area contributed by atoms with Crippen LogP contribution >= 0.6 is 0 Å². The molecule has 5 nitrogen and oxygen atoms in total. The molecule has 0 fully saturated rings. The molecule has 0 atom stereocenters. The summed E-state index contributed by atoms with van der Waals surface area (Å²) in [7, 11) is 3.86. The first-order chi connectivity index (χ1) is 8.00. The Hall–Kier alpha value is -1.88. The molecule has 2 aromatic heterocycles. The van der Waals surface area contributed by atoms with Gasteiger partial charge < -0.3 is 10.0 Å². The van der Waals surface area contributed by atoms with Gasteiger partial charge in [0.1, 0.15) is 5.82 Å². The van der Waals surface area contributed by atoms with Crippen molar-refractivity contribution < 1.29 is 9.90 Å². The summed E-state index contributed by atoms with van der Waals surface area (Å²) in [6.45, 7) is 2.55. The third-order valence-electron chi connectivity index (χ3n) is 2.59. The van der Waals surface area contributed by atoms with Crippen molar-refractivity contribution in [1.29, 1.82) is 0 Å². The fourth-order valence-corrected chi connectivity index (χ4v) is 1.93. The van der Waals surface area contributed by atoms with Gasteiger partial charge in [-0.25, -0.2) is 9.78 Å². The number of hydrogen-bond donors (Lipinski definition) is 1. The van der Waals surface area contributed by atoms with Crippen LogP contribution in [0.25, 0.3) is 5.52 Å². The fourth-order valence-electron chi connectivity index (χ4n) is 1.93. The number of imidazole rings is 1. The highest BCUT2D eigenvalue weighted by atomic mass is 16.4. The van der Waals surface area contributed by atoms with Crippen LogP contribution in [0, 0.1) is 6.92 Å². The van der Waals surface area contributed by atoms with Crippen molar-refractivity contribution in [2.24, 2.45) is 0 Å². The highest BCUT2D eigenvalue weighted by Gasteiger charge is 2.17. The van der Waals surface area contributed by atoms with Crippen LogP contribution in [-0.2, 0) is 6.54 Å². The number of carboxylic acids is 1. The predicted octanol–water partition coefficient (Wildman–Crippen LogP) is 1.40. The van der Waals surface area contributed by atoms with Gasteiger partial charge in [0.05, 0.1) is 12.1 Å². The largest absolute Gasteiger partial charge is 0.476 e. The molecule has 1 N–H and O–H groups in total. The van der Waals surface area contributed by atoms with Crippen LogP contribution in [0.15, 0.2) is 18.2 Å². The molecule has 0 aliphatic heterocycles. The van der Waals surface area contributed by atoms with Crippen LogP contribution in [-0.4, -0.2) is 39.5 Å². The lowest BCUT2D eigenvalue weighted by Crippen LogP contribution is -2.14. The molecule has 2 rings (SSSR count). The molecule has 5 heteroatoms. The second kappa shape index (κ2) is 4.18. The van der Waals surface area contributed by atoms with Gasteiger partial charge in [0, 0.05) is 5.69 Å². The van der Waals surface area contributed by atoms with E-state index in [1.165, 1.54) is 0 Å². The molecule has 0 unspecified atom stereocenters. The van der Waals surface area contributed by atoms with Gasteiger partial charge in [-0.15, -0.1) is 0 Å². The zero-order valence-electron chi connectivity index (χ0n) is 10.1. The average Bonchev–Trinajstić information content (AvgIpc) is 2.57. The van der Waals surface area contributed by atoms with Crippen molar-refractivity contribution in [2.75, 3.05) is 14.1 Å². The van der Waals surface area contributed by atoms with E-state index in [0.29, 0.717) is 12.1 Å². The van der Waals surface area contributed by atoms with Crippen molar-refractivity contribution in [2.45, 2.75) is 13.5 Å². The van der Waals surface area contributed by atoms with E-state index < -0.39 is 5.97 Å². The molecular formula is C12H15N3O2. The van der Waals surface area contributed by atoms with Gasteiger partial charge in [-0.1, -0.05) is 6.07 Å². The minimum atomic E-state index is -0.988. The van der Waals surface area contributed by atoms with E-state index in [-0.39, 0.29) is 5.69 Å². The van der Waals surface area contributed by atoms with Crippen LogP contribution in [0.3, 0.4) is 0 Å². The third kappa shape index (κ3) is 2.01. The summed E-state index contributed by atoms with van der Waals surface area (Å²) in [5.74, 6) is -0.237. The Morgan fingerprint density at radius 2 is 2.18 bits per heavy atom. The highest BCUT2D eigenvalue weighted by Crippen LogP contribution is 2.16. The normalized spacial score (nSPS) is 11.3. The molecule has 0 aromatic carbocycles. The van der Waals surface area contributed by atoms with Crippen molar-refractivity contribution in [1.82, 2.24) is 14.3 Å². The quantitative estimate of drug-likeness (QED) is 0.870. The number of pyridine rings is 1. The van der Waals surface area contributed by atoms with E-state index in [1.807, 2.05) is 42.5 Å².